The van der Waals surface area contributed by atoms with E-state index in [0.717, 1.165) is 32.5 Å². The maximum absolute atomic E-state index is 14.4. The van der Waals surface area contributed by atoms with E-state index >= 15 is 0 Å². The van der Waals surface area contributed by atoms with Gasteiger partial charge in [-0.15, -0.1) is 11.6 Å². The Morgan fingerprint density at radius 2 is 2.26 bits per heavy atom. The van der Waals surface area contributed by atoms with E-state index in [2.05, 4.69) is 28.8 Å². The number of anilines is 1. The fourth-order valence-electron chi connectivity index (χ4n) is 2.65. The van der Waals surface area contributed by atoms with E-state index in [0.29, 0.717) is 17.4 Å². The van der Waals surface area contributed by atoms with Gasteiger partial charge in [-0.3, -0.25) is 0 Å². The third-order valence-corrected chi connectivity index (χ3v) is 4.03. The second kappa shape index (κ2) is 6.53. The minimum absolute atomic E-state index is 0.186. The summed E-state index contributed by atoms with van der Waals surface area (Å²) in [6, 6.07) is 1.96. The highest BCUT2D eigenvalue weighted by atomic mass is 35.5. The van der Waals surface area contributed by atoms with Crippen molar-refractivity contribution in [2.45, 2.75) is 31.7 Å². The lowest BCUT2D eigenvalue weighted by molar-refractivity contribution is 0.327. The molecule has 1 saturated heterocycles. The third kappa shape index (κ3) is 3.18. The molecule has 1 aromatic rings. The monoisotopic (exact) mass is 285 g/mol. The Labute approximate surface area is 119 Å². The first-order valence-electron chi connectivity index (χ1n) is 6.81. The SMILES string of the molecule is CCC1CN(C)CCCN1c1nccc(CCl)c1F. The van der Waals surface area contributed by atoms with Gasteiger partial charge in [0.15, 0.2) is 11.6 Å². The van der Waals surface area contributed by atoms with Crippen molar-refractivity contribution in [2.24, 2.45) is 0 Å². The summed E-state index contributed by atoms with van der Waals surface area (Å²) in [5.41, 5.74) is 0.527. The molecule has 1 atom stereocenters. The zero-order valence-electron chi connectivity index (χ0n) is 11.6. The molecule has 1 aromatic heterocycles. The minimum Gasteiger partial charge on any atom is -0.350 e. The van der Waals surface area contributed by atoms with Crippen LogP contribution in [0.1, 0.15) is 25.3 Å². The van der Waals surface area contributed by atoms with Gasteiger partial charge in [0.25, 0.3) is 0 Å². The van der Waals surface area contributed by atoms with Crippen LogP contribution in [-0.2, 0) is 5.88 Å². The molecule has 3 nitrogen and oxygen atoms in total. The number of halogens is 2. The van der Waals surface area contributed by atoms with Crippen LogP contribution < -0.4 is 4.90 Å². The van der Waals surface area contributed by atoms with Gasteiger partial charge in [0.1, 0.15) is 0 Å². The van der Waals surface area contributed by atoms with Crippen molar-refractivity contribution in [3.63, 3.8) is 0 Å². The standard InChI is InChI=1S/C14H21ClFN3/c1-3-12-10-18(2)7-4-8-19(12)14-13(16)11(9-15)5-6-17-14/h5-6,12H,3-4,7-10H2,1-2H3. The van der Waals surface area contributed by atoms with Gasteiger partial charge in [0.05, 0.1) is 5.88 Å². The van der Waals surface area contributed by atoms with E-state index < -0.39 is 0 Å². The van der Waals surface area contributed by atoms with Crippen LogP contribution in [0.2, 0.25) is 0 Å². The predicted octanol–water partition coefficient (Wildman–Crippen LogP) is 2.88. The summed E-state index contributed by atoms with van der Waals surface area (Å²) in [7, 11) is 2.12. The Hall–Kier alpha value is -0.870. The first kappa shape index (κ1) is 14.5. The number of hydrogen-bond donors (Lipinski definition) is 0. The van der Waals surface area contributed by atoms with Gasteiger partial charge in [0.2, 0.25) is 0 Å². The summed E-state index contributed by atoms with van der Waals surface area (Å²) in [4.78, 5) is 8.66. The summed E-state index contributed by atoms with van der Waals surface area (Å²) >= 11 is 5.77. The van der Waals surface area contributed by atoms with Crippen molar-refractivity contribution in [3.05, 3.63) is 23.6 Å². The van der Waals surface area contributed by atoms with Crippen LogP contribution in [-0.4, -0.2) is 42.6 Å². The molecule has 0 radical (unpaired) electrons. The average Bonchev–Trinajstić information content (AvgIpc) is 2.60. The molecule has 0 amide bonds. The summed E-state index contributed by atoms with van der Waals surface area (Å²) in [6.45, 7) is 4.98. The largest absolute Gasteiger partial charge is 0.350 e. The molecule has 1 aliphatic heterocycles. The molecule has 0 bridgehead atoms. The average molecular weight is 286 g/mol. The van der Waals surface area contributed by atoms with Crippen molar-refractivity contribution in [3.8, 4) is 0 Å². The zero-order chi connectivity index (χ0) is 13.8. The topological polar surface area (TPSA) is 19.4 Å². The maximum Gasteiger partial charge on any atom is 0.170 e. The zero-order valence-corrected chi connectivity index (χ0v) is 12.3. The van der Waals surface area contributed by atoms with Crippen molar-refractivity contribution in [2.75, 3.05) is 31.6 Å². The lowest BCUT2D eigenvalue weighted by atomic mass is 10.1. The molecular formula is C14H21ClFN3. The number of alkyl halides is 1. The van der Waals surface area contributed by atoms with Gasteiger partial charge >= 0.3 is 0 Å². The fourth-order valence-corrected chi connectivity index (χ4v) is 2.85. The van der Waals surface area contributed by atoms with Gasteiger partial charge in [-0.25, -0.2) is 9.37 Å². The summed E-state index contributed by atoms with van der Waals surface area (Å²) in [6.07, 6.45) is 3.66. The molecule has 0 spiro atoms. The van der Waals surface area contributed by atoms with E-state index in [1.54, 1.807) is 12.3 Å². The quantitative estimate of drug-likeness (QED) is 0.796. The number of aromatic nitrogens is 1. The fraction of sp³-hybridized carbons (Fsp3) is 0.643. The van der Waals surface area contributed by atoms with E-state index in [1.807, 2.05) is 0 Å². The Balaban J connectivity index is 2.32. The molecule has 2 rings (SSSR count). The molecule has 0 aromatic carbocycles. The van der Waals surface area contributed by atoms with Crippen LogP contribution >= 0.6 is 11.6 Å². The van der Waals surface area contributed by atoms with Crippen LogP contribution in [0.15, 0.2) is 12.3 Å². The highest BCUT2D eigenvalue weighted by Gasteiger charge is 2.25. The van der Waals surface area contributed by atoms with E-state index in [-0.39, 0.29) is 11.7 Å². The second-order valence-electron chi connectivity index (χ2n) is 5.11. The summed E-state index contributed by atoms with van der Waals surface area (Å²) < 4.78 is 14.4. The number of rotatable bonds is 3. The molecular weight excluding hydrogens is 265 g/mol. The van der Waals surface area contributed by atoms with Crippen LogP contribution in [0.25, 0.3) is 0 Å². The van der Waals surface area contributed by atoms with Gasteiger partial charge < -0.3 is 9.80 Å². The van der Waals surface area contributed by atoms with Gasteiger partial charge in [-0.2, -0.15) is 0 Å². The number of nitrogens with zero attached hydrogens (tertiary/aromatic N) is 3. The first-order valence-corrected chi connectivity index (χ1v) is 7.35. The van der Waals surface area contributed by atoms with Crippen molar-refractivity contribution in [1.82, 2.24) is 9.88 Å². The van der Waals surface area contributed by atoms with E-state index in [9.17, 15) is 4.39 Å². The van der Waals surface area contributed by atoms with Gasteiger partial charge in [-0.1, -0.05) is 6.92 Å². The third-order valence-electron chi connectivity index (χ3n) is 3.74. The molecule has 106 valence electrons. The van der Waals surface area contributed by atoms with Gasteiger partial charge in [0, 0.05) is 30.9 Å². The van der Waals surface area contributed by atoms with Crippen LogP contribution in [0.3, 0.4) is 0 Å². The number of hydrogen-bond acceptors (Lipinski definition) is 3. The molecule has 0 N–H and O–H groups in total. The number of likely N-dealkylation sites (N-methyl/N-ethyl adjacent to an activating group) is 1. The molecule has 1 aliphatic rings. The lowest BCUT2D eigenvalue weighted by Crippen LogP contribution is -2.40. The van der Waals surface area contributed by atoms with Crippen LogP contribution in [0.4, 0.5) is 10.2 Å². The second-order valence-corrected chi connectivity index (χ2v) is 5.38. The molecule has 2 heterocycles. The Morgan fingerprint density at radius 3 is 2.95 bits per heavy atom. The van der Waals surface area contributed by atoms with Crippen molar-refractivity contribution >= 4 is 17.4 Å². The molecule has 0 saturated carbocycles. The van der Waals surface area contributed by atoms with Crippen molar-refractivity contribution in [1.29, 1.82) is 0 Å². The molecule has 5 heteroatoms. The normalized spacial score (nSPS) is 21.5. The predicted molar refractivity (Wildman–Crippen MR) is 77.3 cm³/mol. The molecule has 19 heavy (non-hydrogen) atoms. The Bertz CT molecular complexity index is 427. The van der Waals surface area contributed by atoms with Crippen molar-refractivity contribution < 1.29 is 4.39 Å². The summed E-state index contributed by atoms with van der Waals surface area (Å²) in [5, 5.41) is 0. The highest BCUT2D eigenvalue weighted by Crippen LogP contribution is 2.25. The summed E-state index contributed by atoms with van der Waals surface area (Å²) in [5.74, 6) is 0.382. The molecule has 0 aliphatic carbocycles. The Kier molecular flexibility index (Phi) is 4.99. The Morgan fingerprint density at radius 1 is 1.47 bits per heavy atom. The maximum atomic E-state index is 14.4. The van der Waals surface area contributed by atoms with Crippen LogP contribution in [0.5, 0.6) is 0 Å². The minimum atomic E-state index is -0.263. The van der Waals surface area contributed by atoms with E-state index in [1.165, 1.54) is 0 Å². The van der Waals surface area contributed by atoms with E-state index in [4.69, 9.17) is 11.6 Å². The van der Waals surface area contributed by atoms with Crippen LogP contribution in [0, 0.1) is 5.82 Å². The molecule has 1 fully saturated rings. The molecule has 1 unspecified atom stereocenters. The van der Waals surface area contributed by atoms with Gasteiger partial charge in [-0.05, 0) is 32.5 Å². The highest BCUT2D eigenvalue weighted by molar-refractivity contribution is 6.17. The number of pyridine rings is 1. The first-order chi connectivity index (χ1) is 9.17. The smallest absolute Gasteiger partial charge is 0.170 e. The lowest BCUT2D eigenvalue weighted by Gasteiger charge is -2.31.